The molecule has 0 amide bonds. The average molecular weight is 342 g/mol. The topological polar surface area (TPSA) is 70.0 Å². The molecule has 1 aromatic heterocycles. The van der Waals surface area contributed by atoms with Gasteiger partial charge >= 0.3 is 0 Å². The molecule has 0 bridgehead atoms. The summed E-state index contributed by atoms with van der Waals surface area (Å²) in [6, 6.07) is 13.3. The van der Waals surface area contributed by atoms with E-state index in [-0.39, 0.29) is 6.54 Å². The first-order chi connectivity index (χ1) is 12.2. The van der Waals surface area contributed by atoms with Crippen molar-refractivity contribution in [2.45, 2.75) is 13.0 Å². The average Bonchev–Trinajstić information content (AvgIpc) is 2.66. The second kappa shape index (κ2) is 10.3. The standard InChI is InChI=1S/C19H26N4O2/c1-3-21-19(22-15-18(24)16-9-11-20-12-10-16)23(2)13-14-25-17-7-5-4-6-8-17/h4-12,18,24H,3,13-15H2,1-2H3,(H,21,22). The molecule has 25 heavy (non-hydrogen) atoms. The van der Waals surface area contributed by atoms with Crippen LogP contribution in [0, 0.1) is 0 Å². The zero-order valence-corrected chi connectivity index (χ0v) is 14.8. The first-order valence-electron chi connectivity index (χ1n) is 8.46. The number of para-hydroxylation sites is 1. The van der Waals surface area contributed by atoms with Crippen molar-refractivity contribution < 1.29 is 9.84 Å². The molecule has 0 fully saturated rings. The number of pyridine rings is 1. The van der Waals surface area contributed by atoms with Crippen molar-refractivity contribution in [3.8, 4) is 5.75 Å². The highest BCUT2D eigenvalue weighted by molar-refractivity contribution is 5.79. The third kappa shape index (κ3) is 6.43. The van der Waals surface area contributed by atoms with Gasteiger partial charge in [-0.1, -0.05) is 18.2 Å². The molecule has 0 saturated heterocycles. The minimum atomic E-state index is -0.648. The molecule has 2 aromatic rings. The fraction of sp³-hybridized carbons (Fsp3) is 0.368. The Morgan fingerprint density at radius 3 is 2.64 bits per heavy atom. The van der Waals surface area contributed by atoms with Gasteiger partial charge in [0.1, 0.15) is 12.4 Å². The SMILES string of the molecule is CCNC(=NCC(O)c1ccncc1)N(C)CCOc1ccccc1. The Hall–Kier alpha value is -2.60. The Morgan fingerprint density at radius 2 is 1.96 bits per heavy atom. The third-order valence-corrected chi connectivity index (χ3v) is 3.64. The van der Waals surface area contributed by atoms with Crippen LogP contribution in [0.2, 0.25) is 0 Å². The monoisotopic (exact) mass is 342 g/mol. The van der Waals surface area contributed by atoms with E-state index < -0.39 is 6.10 Å². The highest BCUT2D eigenvalue weighted by Crippen LogP contribution is 2.11. The van der Waals surface area contributed by atoms with Crippen molar-refractivity contribution in [1.82, 2.24) is 15.2 Å². The molecular weight excluding hydrogens is 316 g/mol. The number of guanidine groups is 1. The van der Waals surface area contributed by atoms with Crippen LogP contribution in [0.3, 0.4) is 0 Å². The summed E-state index contributed by atoms with van der Waals surface area (Å²) >= 11 is 0. The van der Waals surface area contributed by atoms with Crippen LogP contribution in [0.5, 0.6) is 5.75 Å². The smallest absolute Gasteiger partial charge is 0.193 e. The number of nitrogens with one attached hydrogen (secondary N) is 1. The van der Waals surface area contributed by atoms with E-state index in [2.05, 4.69) is 15.3 Å². The Balaban J connectivity index is 1.87. The van der Waals surface area contributed by atoms with Gasteiger partial charge in [-0.05, 0) is 36.8 Å². The first kappa shape index (κ1) is 18.7. The van der Waals surface area contributed by atoms with Gasteiger partial charge in [-0.3, -0.25) is 9.98 Å². The summed E-state index contributed by atoms with van der Waals surface area (Å²) in [5.74, 6) is 1.60. The fourth-order valence-electron chi connectivity index (χ4n) is 2.26. The van der Waals surface area contributed by atoms with Crippen molar-refractivity contribution in [1.29, 1.82) is 0 Å². The predicted molar refractivity (Wildman–Crippen MR) is 99.7 cm³/mol. The molecule has 0 aliphatic heterocycles. The second-order valence-electron chi connectivity index (χ2n) is 5.57. The second-order valence-corrected chi connectivity index (χ2v) is 5.57. The van der Waals surface area contributed by atoms with Gasteiger partial charge in [0.25, 0.3) is 0 Å². The van der Waals surface area contributed by atoms with E-state index in [1.807, 2.05) is 49.2 Å². The number of aliphatic hydroxyl groups excluding tert-OH is 1. The van der Waals surface area contributed by atoms with E-state index in [1.54, 1.807) is 24.5 Å². The molecule has 0 spiro atoms. The van der Waals surface area contributed by atoms with Crippen molar-refractivity contribution in [3.05, 3.63) is 60.4 Å². The summed E-state index contributed by atoms with van der Waals surface area (Å²) in [5, 5.41) is 13.5. The fourth-order valence-corrected chi connectivity index (χ4v) is 2.26. The van der Waals surface area contributed by atoms with E-state index in [0.717, 1.165) is 23.8 Å². The van der Waals surface area contributed by atoms with E-state index in [9.17, 15) is 5.11 Å². The number of nitrogens with zero attached hydrogens (tertiary/aromatic N) is 3. The molecule has 1 atom stereocenters. The summed E-state index contributed by atoms with van der Waals surface area (Å²) in [6.07, 6.45) is 2.69. The molecule has 6 heteroatoms. The van der Waals surface area contributed by atoms with Gasteiger partial charge in [-0.2, -0.15) is 0 Å². The highest BCUT2D eigenvalue weighted by Gasteiger charge is 2.09. The quantitative estimate of drug-likeness (QED) is 0.568. The van der Waals surface area contributed by atoms with Gasteiger partial charge in [-0.15, -0.1) is 0 Å². The van der Waals surface area contributed by atoms with Gasteiger partial charge in [-0.25, -0.2) is 0 Å². The van der Waals surface area contributed by atoms with E-state index in [0.29, 0.717) is 13.2 Å². The summed E-state index contributed by atoms with van der Waals surface area (Å²) in [6.45, 7) is 4.30. The van der Waals surface area contributed by atoms with Crippen LogP contribution in [0.1, 0.15) is 18.6 Å². The van der Waals surface area contributed by atoms with Crippen LogP contribution in [-0.4, -0.2) is 54.2 Å². The summed E-state index contributed by atoms with van der Waals surface area (Å²) in [4.78, 5) is 10.5. The Bertz CT molecular complexity index is 634. The van der Waals surface area contributed by atoms with Crippen LogP contribution in [0.4, 0.5) is 0 Å². The Kier molecular flexibility index (Phi) is 7.72. The number of hydrogen-bond donors (Lipinski definition) is 2. The van der Waals surface area contributed by atoms with Crippen LogP contribution >= 0.6 is 0 Å². The van der Waals surface area contributed by atoms with Crippen LogP contribution in [-0.2, 0) is 0 Å². The summed E-state index contributed by atoms with van der Waals surface area (Å²) in [7, 11) is 1.95. The zero-order valence-electron chi connectivity index (χ0n) is 14.8. The van der Waals surface area contributed by atoms with E-state index >= 15 is 0 Å². The molecule has 1 aromatic carbocycles. The van der Waals surface area contributed by atoms with Crippen molar-refractivity contribution in [3.63, 3.8) is 0 Å². The molecule has 6 nitrogen and oxygen atoms in total. The molecule has 0 aliphatic carbocycles. The molecule has 0 saturated carbocycles. The third-order valence-electron chi connectivity index (χ3n) is 3.64. The molecular formula is C19H26N4O2. The normalized spacial score (nSPS) is 12.5. The van der Waals surface area contributed by atoms with Crippen LogP contribution in [0.25, 0.3) is 0 Å². The number of rotatable bonds is 8. The van der Waals surface area contributed by atoms with Crippen LogP contribution in [0.15, 0.2) is 59.9 Å². The lowest BCUT2D eigenvalue weighted by Gasteiger charge is -2.22. The number of aliphatic imine (C=N–C) groups is 1. The summed E-state index contributed by atoms with van der Waals surface area (Å²) in [5.41, 5.74) is 0.810. The van der Waals surface area contributed by atoms with Gasteiger partial charge in [0, 0.05) is 26.0 Å². The number of likely N-dealkylation sites (N-methyl/N-ethyl adjacent to an activating group) is 1. The van der Waals surface area contributed by atoms with Gasteiger partial charge < -0.3 is 20.1 Å². The minimum absolute atomic E-state index is 0.288. The van der Waals surface area contributed by atoms with Gasteiger partial charge in [0.05, 0.1) is 19.2 Å². The lowest BCUT2D eigenvalue weighted by atomic mass is 10.1. The Labute approximate surface area is 149 Å². The highest BCUT2D eigenvalue weighted by atomic mass is 16.5. The van der Waals surface area contributed by atoms with Crippen LogP contribution < -0.4 is 10.1 Å². The molecule has 1 unspecified atom stereocenters. The maximum absolute atomic E-state index is 10.2. The molecule has 0 aliphatic rings. The summed E-state index contributed by atoms with van der Waals surface area (Å²) < 4.78 is 5.72. The number of aromatic nitrogens is 1. The number of benzene rings is 1. The lowest BCUT2D eigenvalue weighted by Crippen LogP contribution is -2.41. The maximum atomic E-state index is 10.2. The van der Waals surface area contributed by atoms with Gasteiger partial charge in [0.15, 0.2) is 5.96 Å². The number of aliphatic hydroxyl groups is 1. The minimum Gasteiger partial charge on any atom is -0.492 e. The predicted octanol–water partition coefficient (Wildman–Crippen LogP) is 2.09. The molecule has 2 rings (SSSR count). The van der Waals surface area contributed by atoms with E-state index in [4.69, 9.17) is 4.74 Å². The van der Waals surface area contributed by atoms with Gasteiger partial charge in [0.2, 0.25) is 0 Å². The van der Waals surface area contributed by atoms with Crippen molar-refractivity contribution in [2.75, 3.05) is 33.3 Å². The molecule has 134 valence electrons. The number of hydrogen-bond acceptors (Lipinski definition) is 4. The molecule has 2 N–H and O–H groups in total. The van der Waals surface area contributed by atoms with Crippen molar-refractivity contribution in [2.24, 2.45) is 4.99 Å². The van der Waals surface area contributed by atoms with E-state index in [1.165, 1.54) is 0 Å². The van der Waals surface area contributed by atoms with Crippen molar-refractivity contribution >= 4 is 5.96 Å². The number of ether oxygens (including phenoxy) is 1. The first-order valence-corrected chi connectivity index (χ1v) is 8.46. The maximum Gasteiger partial charge on any atom is 0.193 e. The zero-order chi connectivity index (χ0) is 17.9. The molecule has 1 heterocycles. The molecule has 0 radical (unpaired) electrons. The Morgan fingerprint density at radius 1 is 1.24 bits per heavy atom. The largest absolute Gasteiger partial charge is 0.492 e. The lowest BCUT2D eigenvalue weighted by molar-refractivity contribution is 0.186.